The van der Waals surface area contributed by atoms with Gasteiger partial charge < -0.3 is 0 Å². The molecule has 2 aromatic carbocycles. The van der Waals surface area contributed by atoms with Crippen molar-refractivity contribution in [2.45, 2.75) is 19.0 Å². The third-order valence-corrected chi connectivity index (χ3v) is 4.07. The summed E-state index contributed by atoms with van der Waals surface area (Å²) in [6.45, 7) is 1.82. The molecule has 0 amide bonds. The molecule has 0 spiro atoms. The van der Waals surface area contributed by atoms with Crippen LogP contribution in [0.25, 0.3) is 0 Å². The highest BCUT2D eigenvalue weighted by molar-refractivity contribution is 6.03. The van der Waals surface area contributed by atoms with Crippen molar-refractivity contribution >= 4 is 5.78 Å². The Morgan fingerprint density at radius 3 is 2.19 bits per heavy atom. The maximum absolute atomic E-state index is 12.6. The summed E-state index contributed by atoms with van der Waals surface area (Å²) in [5.41, 5.74) is 1.65. The zero-order valence-corrected chi connectivity index (χ0v) is 11.3. The van der Waals surface area contributed by atoms with E-state index in [-0.39, 0.29) is 17.6 Å². The quantitative estimate of drug-likeness (QED) is 0.746. The lowest BCUT2D eigenvalue weighted by Crippen LogP contribution is -2.11. The van der Waals surface area contributed by atoms with Crippen LogP contribution in [0.2, 0.25) is 0 Å². The highest BCUT2D eigenvalue weighted by Crippen LogP contribution is 2.42. The first-order valence-electron chi connectivity index (χ1n) is 6.70. The average Bonchev–Trinajstić information content (AvgIpc) is 2.71. The van der Waals surface area contributed by atoms with Crippen molar-refractivity contribution in [1.82, 2.24) is 0 Å². The Morgan fingerprint density at radius 2 is 1.57 bits per heavy atom. The van der Waals surface area contributed by atoms with E-state index in [0.717, 1.165) is 23.3 Å². The van der Waals surface area contributed by atoms with E-state index in [1.807, 2.05) is 19.1 Å². The molecule has 3 rings (SSSR count). The van der Waals surface area contributed by atoms with Crippen LogP contribution in [0.15, 0.2) is 48.5 Å². The van der Waals surface area contributed by atoms with Crippen molar-refractivity contribution in [1.29, 1.82) is 0 Å². The Kier molecular flexibility index (Phi) is 3.12. The molecule has 0 bridgehead atoms. The minimum Gasteiger partial charge on any atom is -0.294 e. The fraction of sp³-hybridized carbons (Fsp3) is 0.235. The van der Waals surface area contributed by atoms with Crippen LogP contribution in [0.1, 0.15) is 39.9 Å². The Labute approximate surface area is 120 Å². The molecule has 21 heavy (non-hydrogen) atoms. The van der Waals surface area contributed by atoms with Gasteiger partial charge in [0, 0.05) is 17.4 Å². The summed E-state index contributed by atoms with van der Waals surface area (Å²) in [5.74, 6) is -0.370. The number of halogens is 3. The summed E-state index contributed by atoms with van der Waals surface area (Å²) in [6.07, 6.45) is -4.34. The largest absolute Gasteiger partial charge is 0.416 e. The molecule has 4 heteroatoms. The van der Waals surface area contributed by atoms with E-state index in [4.69, 9.17) is 0 Å². The summed E-state index contributed by atoms with van der Waals surface area (Å²) >= 11 is 0. The van der Waals surface area contributed by atoms with E-state index in [1.165, 1.54) is 12.1 Å². The molecule has 0 aromatic heterocycles. The van der Waals surface area contributed by atoms with Gasteiger partial charge in [0.2, 0.25) is 0 Å². The molecule has 1 aliphatic carbocycles. The van der Waals surface area contributed by atoms with Gasteiger partial charge in [-0.15, -0.1) is 0 Å². The minimum atomic E-state index is -4.34. The number of ketones is 1. The highest BCUT2D eigenvalue weighted by Gasteiger charge is 2.37. The summed E-state index contributed by atoms with van der Waals surface area (Å²) < 4.78 is 37.9. The van der Waals surface area contributed by atoms with Gasteiger partial charge in [-0.25, -0.2) is 0 Å². The average molecular weight is 290 g/mol. The number of hydrogen-bond donors (Lipinski definition) is 0. The second-order valence-corrected chi connectivity index (χ2v) is 5.34. The van der Waals surface area contributed by atoms with Gasteiger partial charge in [0.05, 0.1) is 5.56 Å². The van der Waals surface area contributed by atoms with Gasteiger partial charge in [-0.1, -0.05) is 43.3 Å². The van der Waals surface area contributed by atoms with Crippen LogP contribution in [0.5, 0.6) is 0 Å². The normalized spacial score (nSPS) is 21.4. The van der Waals surface area contributed by atoms with Gasteiger partial charge in [-0.05, 0) is 23.3 Å². The second-order valence-electron chi connectivity index (χ2n) is 5.34. The van der Waals surface area contributed by atoms with Crippen LogP contribution >= 0.6 is 0 Å². The summed E-state index contributed by atoms with van der Waals surface area (Å²) in [6, 6.07) is 12.4. The molecule has 1 nitrogen and oxygen atoms in total. The monoisotopic (exact) mass is 290 g/mol. The van der Waals surface area contributed by atoms with Crippen molar-refractivity contribution in [3.05, 3.63) is 70.8 Å². The lowest BCUT2D eigenvalue weighted by molar-refractivity contribution is -0.137. The molecule has 2 aromatic rings. The van der Waals surface area contributed by atoms with Gasteiger partial charge in [0.25, 0.3) is 0 Å². The smallest absolute Gasteiger partial charge is 0.294 e. The second kappa shape index (κ2) is 4.72. The number of benzene rings is 2. The lowest BCUT2D eigenvalue weighted by Gasteiger charge is -2.17. The van der Waals surface area contributed by atoms with Crippen LogP contribution in [0.3, 0.4) is 0 Å². The van der Waals surface area contributed by atoms with Gasteiger partial charge in [0.15, 0.2) is 5.78 Å². The number of Topliss-reactive ketones (excluding diaryl/α,β-unsaturated/α-hetero) is 1. The van der Waals surface area contributed by atoms with Crippen LogP contribution in [-0.4, -0.2) is 5.78 Å². The van der Waals surface area contributed by atoms with Crippen molar-refractivity contribution in [3.8, 4) is 0 Å². The topological polar surface area (TPSA) is 17.1 Å². The molecule has 0 radical (unpaired) electrons. The number of fused-ring (bicyclic) bond motifs is 1. The molecular formula is C17H13F3O. The first kappa shape index (κ1) is 13.9. The number of rotatable bonds is 1. The first-order chi connectivity index (χ1) is 9.89. The first-order valence-corrected chi connectivity index (χ1v) is 6.70. The van der Waals surface area contributed by atoms with E-state index in [0.29, 0.717) is 5.56 Å². The lowest BCUT2D eigenvalue weighted by atomic mass is 9.86. The molecule has 0 fully saturated rings. The summed E-state index contributed by atoms with van der Waals surface area (Å²) in [7, 11) is 0. The zero-order valence-electron chi connectivity index (χ0n) is 11.3. The van der Waals surface area contributed by atoms with Crippen LogP contribution < -0.4 is 0 Å². The molecule has 0 N–H and O–H groups in total. The predicted molar refractivity (Wildman–Crippen MR) is 73.2 cm³/mol. The molecular weight excluding hydrogens is 277 g/mol. The molecule has 0 saturated heterocycles. The van der Waals surface area contributed by atoms with Crippen molar-refractivity contribution in [2.24, 2.45) is 5.92 Å². The molecule has 0 aliphatic heterocycles. The third kappa shape index (κ3) is 2.24. The van der Waals surface area contributed by atoms with Gasteiger partial charge in [-0.3, -0.25) is 4.79 Å². The van der Waals surface area contributed by atoms with Crippen molar-refractivity contribution in [3.63, 3.8) is 0 Å². The molecule has 0 saturated carbocycles. The van der Waals surface area contributed by atoms with E-state index < -0.39 is 11.7 Å². The SMILES string of the molecule is C[C@@H]1C(=O)c2ccccc2[C@H]1c1ccc(C(F)(F)F)cc1. The van der Waals surface area contributed by atoms with E-state index in [2.05, 4.69) is 0 Å². The molecule has 0 unspecified atom stereocenters. The number of carbonyl (C=O) groups excluding carboxylic acids is 1. The van der Waals surface area contributed by atoms with Gasteiger partial charge >= 0.3 is 6.18 Å². The molecule has 2 atom stereocenters. The fourth-order valence-electron chi connectivity index (χ4n) is 3.01. The van der Waals surface area contributed by atoms with Crippen LogP contribution in [-0.2, 0) is 6.18 Å². The van der Waals surface area contributed by atoms with Crippen molar-refractivity contribution < 1.29 is 18.0 Å². The standard InChI is InChI=1S/C17H13F3O/c1-10-15(13-4-2-3-5-14(13)16(10)21)11-6-8-12(9-7-11)17(18,19)20/h2-10,15H,1H3/t10-,15+/m0/s1. The van der Waals surface area contributed by atoms with E-state index in [9.17, 15) is 18.0 Å². The minimum absolute atomic E-state index is 0.0514. The fourth-order valence-corrected chi connectivity index (χ4v) is 3.01. The van der Waals surface area contributed by atoms with Gasteiger partial charge in [0.1, 0.15) is 0 Å². The Bertz CT molecular complexity index is 686. The Balaban J connectivity index is 2.03. The number of alkyl halides is 3. The van der Waals surface area contributed by atoms with E-state index in [1.54, 1.807) is 12.1 Å². The molecule has 108 valence electrons. The maximum Gasteiger partial charge on any atom is 0.416 e. The van der Waals surface area contributed by atoms with Gasteiger partial charge in [-0.2, -0.15) is 13.2 Å². The third-order valence-electron chi connectivity index (χ3n) is 4.07. The number of carbonyl (C=O) groups is 1. The predicted octanol–water partition coefficient (Wildman–Crippen LogP) is 4.67. The molecule has 1 aliphatic rings. The molecule has 0 heterocycles. The zero-order chi connectivity index (χ0) is 15.2. The Morgan fingerprint density at radius 1 is 0.952 bits per heavy atom. The number of hydrogen-bond acceptors (Lipinski definition) is 1. The Hall–Kier alpha value is -2.10. The summed E-state index contributed by atoms with van der Waals surface area (Å²) in [4.78, 5) is 12.2. The van der Waals surface area contributed by atoms with E-state index >= 15 is 0 Å². The van der Waals surface area contributed by atoms with Crippen LogP contribution in [0.4, 0.5) is 13.2 Å². The van der Waals surface area contributed by atoms with Crippen molar-refractivity contribution in [2.75, 3.05) is 0 Å². The highest BCUT2D eigenvalue weighted by atomic mass is 19.4. The summed E-state index contributed by atoms with van der Waals surface area (Å²) in [5, 5.41) is 0. The maximum atomic E-state index is 12.6. The van der Waals surface area contributed by atoms with Crippen LogP contribution in [0, 0.1) is 5.92 Å².